The van der Waals surface area contributed by atoms with Crippen LogP contribution in [-0.4, -0.2) is 36.6 Å². The fourth-order valence-corrected chi connectivity index (χ4v) is 7.77. The zero-order valence-electron chi connectivity index (χ0n) is 33.0. The van der Waals surface area contributed by atoms with Crippen LogP contribution in [-0.2, 0) is 33.6 Å². The number of aryl methyl sites for hydroxylation is 8. The number of hydrogen-bond donors (Lipinski definition) is 1. The van der Waals surface area contributed by atoms with E-state index in [1.807, 2.05) is 20.8 Å². The predicted octanol–water partition coefficient (Wildman–Crippen LogP) is 9.00. The van der Waals surface area contributed by atoms with Crippen molar-refractivity contribution in [1.29, 1.82) is 0 Å². The standard InChI is InChI=1S/C45H55N5O3/c1-10-44(9)21-22-45(11-2,53-43(44)52)42(51)48-39(28-38-24-30(4)26-41(47-38)50-33(7)17-18-34(50)8)36-14-12-13-35(27-36)19-20-37-23-29(3)25-40(46-37)49-31(5)15-16-32(49)6/h12-18,23-27,39H,10-11,19-22,28H2,1-9H3,(H,48,51)/t39-,44-,45+/m1/s1. The van der Waals surface area contributed by atoms with Gasteiger partial charge in [-0.3, -0.25) is 9.59 Å². The summed E-state index contributed by atoms with van der Waals surface area (Å²) in [7, 11) is 0. The minimum Gasteiger partial charge on any atom is -0.449 e. The Morgan fingerprint density at radius 2 is 1.32 bits per heavy atom. The van der Waals surface area contributed by atoms with Gasteiger partial charge in [-0.15, -0.1) is 0 Å². The quantitative estimate of drug-likeness (QED) is 0.130. The molecule has 1 aromatic carbocycles. The Labute approximate surface area is 315 Å². The lowest BCUT2D eigenvalue weighted by molar-refractivity contribution is -0.190. The van der Waals surface area contributed by atoms with E-state index in [0.29, 0.717) is 32.1 Å². The van der Waals surface area contributed by atoms with Gasteiger partial charge in [-0.05, 0) is 158 Å². The zero-order valence-corrected chi connectivity index (χ0v) is 33.0. The van der Waals surface area contributed by atoms with Crippen LogP contribution >= 0.6 is 0 Å². The summed E-state index contributed by atoms with van der Waals surface area (Å²) in [6.45, 7) is 18.4. The van der Waals surface area contributed by atoms with Crippen molar-refractivity contribution in [2.75, 3.05) is 0 Å². The van der Waals surface area contributed by atoms with Crippen LogP contribution in [0, 0.1) is 47.0 Å². The van der Waals surface area contributed by atoms with Gasteiger partial charge in [-0.1, -0.05) is 38.1 Å². The van der Waals surface area contributed by atoms with Crippen LogP contribution in [0.2, 0.25) is 0 Å². The third-order valence-electron chi connectivity index (χ3n) is 11.4. The number of nitrogens with zero attached hydrogens (tertiary/aromatic N) is 4. The first-order valence-corrected chi connectivity index (χ1v) is 19.1. The van der Waals surface area contributed by atoms with Crippen molar-refractivity contribution in [3.05, 3.63) is 129 Å². The Bertz CT molecular complexity index is 2100. The predicted molar refractivity (Wildman–Crippen MR) is 211 cm³/mol. The lowest BCUT2D eigenvalue weighted by Gasteiger charge is -2.42. The molecule has 1 saturated heterocycles. The molecule has 0 radical (unpaired) electrons. The van der Waals surface area contributed by atoms with E-state index in [1.165, 1.54) is 5.56 Å². The fraction of sp³-hybridized carbons (Fsp3) is 0.422. The number of pyridine rings is 2. The van der Waals surface area contributed by atoms with E-state index in [0.717, 1.165) is 75.3 Å². The van der Waals surface area contributed by atoms with Crippen molar-refractivity contribution in [1.82, 2.24) is 24.4 Å². The second-order valence-electron chi connectivity index (χ2n) is 15.5. The van der Waals surface area contributed by atoms with Crippen molar-refractivity contribution in [2.45, 2.75) is 119 Å². The number of benzene rings is 1. The highest BCUT2D eigenvalue weighted by atomic mass is 16.6. The summed E-state index contributed by atoms with van der Waals surface area (Å²) in [4.78, 5) is 37.8. The summed E-state index contributed by atoms with van der Waals surface area (Å²) >= 11 is 0. The number of hydrogen-bond acceptors (Lipinski definition) is 5. The molecule has 1 fully saturated rings. The average Bonchev–Trinajstić information content (AvgIpc) is 3.65. The molecule has 0 unspecified atom stereocenters. The Balaban J connectivity index is 1.31. The van der Waals surface area contributed by atoms with E-state index in [2.05, 4.69) is 129 Å². The summed E-state index contributed by atoms with van der Waals surface area (Å²) in [5, 5.41) is 3.37. The van der Waals surface area contributed by atoms with Gasteiger partial charge in [0.05, 0.1) is 11.5 Å². The van der Waals surface area contributed by atoms with Crippen LogP contribution in [0.15, 0.2) is 72.8 Å². The van der Waals surface area contributed by atoms with Gasteiger partial charge in [-0.25, -0.2) is 9.97 Å². The Hall–Kier alpha value is -4.98. The Morgan fingerprint density at radius 3 is 1.87 bits per heavy atom. The highest BCUT2D eigenvalue weighted by Crippen LogP contribution is 2.41. The molecule has 0 aliphatic carbocycles. The number of carbonyl (C=O) groups excluding carboxylic acids is 2. The maximum absolute atomic E-state index is 14.4. The molecule has 0 spiro atoms. The van der Waals surface area contributed by atoms with Crippen LogP contribution in [0.5, 0.6) is 0 Å². The molecule has 5 aromatic rings. The second-order valence-corrected chi connectivity index (χ2v) is 15.5. The Morgan fingerprint density at radius 1 is 0.755 bits per heavy atom. The topological polar surface area (TPSA) is 91.0 Å². The number of rotatable bonds is 12. The first kappa shape index (κ1) is 37.8. The van der Waals surface area contributed by atoms with Gasteiger partial charge in [0.25, 0.3) is 5.91 Å². The highest BCUT2D eigenvalue weighted by Gasteiger charge is 2.51. The van der Waals surface area contributed by atoms with Crippen LogP contribution in [0.3, 0.4) is 0 Å². The molecule has 3 atom stereocenters. The summed E-state index contributed by atoms with van der Waals surface area (Å²) < 4.78 is 10.4. The number of carbonyl (C=O) groups is 2. The van der Waals surface area contributed by atoms with Gasteiger partial charge >= 0.3 is 5.97 Å². The summed E-state index contributed by atoms with van der Waals surface area (Å²) in [6, 6.07) is 25.0. The first-order chi connectivity index (χ1) is 25.2. The van der Waals surface area contributed by atoms with Crippen molar-refractivity contribution in [3.63, 3.8) is 0 Å². The summed E-state index contributed by atoms with van der Waals surface area (Å²) in [5.41, 5.74) is 9.09. The van der Waals surface area contributed by atoms with E-state index in [4.69, 9.17) is 14.7 Å². The summed E-state index contributed by atoms with van der Waals surface area (Å²) in [5.74, 6) is 1.26. The number of nitrogens with one attached hydrogen (secondary N) is 1. The third kappa shape index (κ3) is 7.87. The molecule has 278 valence electrons. The van der Waals surface area contributed by atoms with Gasteiger partial charge < -0.3 is 19.2 Å². The monoisotopic (exact) mass is 713 g/mol. The molecule has 8 nitrogen and oxygen atoms in total. The molecule has 1 N–H and O–H groups in total. The number of aromatic nitrogens is 4. The molecule has 53 heavy (non-hydrogen) atoms. The van der Waals surface area contributed by atoms with Gasteiger partial charge in [0.15, 0.2) is 5.60 Å². The largest absolute Gasteiger partial charge is 0.449 e. The van der Waals surface area contributed by atoms with E-state index >= 15 is 0 Å². The van der Waals surface area contributed by atoms with Crippen LogP contribution < -0.4 is 5.32 Å². The number of cyclic esters (lactones) is 1. The van der Waals surface area contributed by atoms with Crippen molar-refractivity contribution < 1.29 is 14.3 Å². The lowest BCUT2D eigenvalue weighted by atomic mass is 9.75. The minimum atomic E-state index is -1.21. The molecular formula is C45H55N5O3. The van der Waals surface area contributed by atoms with Crippen LogP contribution in [0.1, 0.15) is 109 Å². The average molecular weight is 714 g/mol. The maximum atomic E-state index is 14.4. The lowest BCUT2D eigenvalue weighted by Crippen LogP contribution is -2.56. The number of ether oxygens (including phenoxy) is 1. The van der Waals surface area contributed by atoms with Gasteiger partial charge in [0.1, 0.15) is 11.6 Å². The molecule has 5 heterocycles. The fourth-order valence-electron chi connectivity index (χ4n) is 7.77. The molecule has 0 bridgehead atoms. The van der Waals surface area contributed by atoms with E-state index in [-0.39, 0.29) is 11.9 Å². The second kappa shape index (κ2) is 15.2. The Kier molecular flexibility index (Phi) is 10.8. The van der Waals surface area contributed by atoms with Crippen molar-refractivity contribution in [2.24, 2.45) is 5.41 Å². The highest BCUT2D eigenvalue weighted by molar-refractivity contribution is 5.90. The smallest absolute Gasteiger partial charge is 0.312 e. The first-order valence-electron chi connectivity index (χ1n) is 19.1. The molecular weight excluding hydrogens is 659 g/mol. The summed E-state index contributed by atoms with van der Waals surface area (Å²) in [6.07, 6.45) is 4.23. The van der Waals surface area contributed by atoms with E-state index < -0.39 is 17.1 Å². The molecule has 1 aliphatic rings. The van der Waals surface area contributed by atoms with Crippen molar-refractivity contribution >= 4 is 11.9 Å². The van der Waals surface area contributed by atoms with E-state index in [1.54, 1.807) is 0 Å². The van der Waals surface area contributed by atoms with Crippen molar-refractivity contribution in [3.8, 4) is 11.6 Å². The molecule has 1 amide bonds. The molecule has 0 saturated carbocycles. The van der Waals surface area contributed by atoms with Gasteiger partial charge in [0, 0.05) is 40.6 Å². The molecule has 8 heteroatoms. The minimum absolute atomic E-state index is 0.251. The molecule has 1 aliphatic heterocycles. The zero-order chi connectivity index (χ0) is 38.1. The normalized spacial score (nSPS) is 19.2. The van der Waals surface area contributed by atoms with Gasteiger partial charge in [-0.2, -0.15) is 0 Å². The van der Waals surface area contributed by atoms with E-state index in [9.17, 15) is 9.59 Å². The van der Waals surface area contributed by atoms with Crippen LogP contribution in [0.25, 0.3) is 11.6 Å². The SMILES string of the molecule is CC[C@]1(C)CC[C@@](CC)(C(=O)N[C@H](Cc2cc(C)cc(-n3c(C)ccc3C)n2)c2cccc(CCc3cc(C)cc(-n4c(C)ccc4C)n3)c2)OC1=O. The number of amides is 1. The molecule has 4 aromatic heterocycles. The van der Waals surface area contributed by atoms with Gasteiger partial charge in [0.2, 0.25) is 0 Å². The van der Waals surface area contributed by atoms with Crippen LogP contribution in [0.4, 0.5) is 0 Å². The maximum Gasteiger partial charge on any atom is 0.312 e. The molecule has 6 rings (SSSR count). The number of esters is 1. The third-order valence-corrected chi connectivity index (χ3v) is 11.4.